The van der Waals surface area contributed by atoms with E-state index < -0.39 is 27.8 Å². The van der Waals surface area contributed by atoms with Crippen molar-refractivity contribution in [1.29, 1.82) is 0 Å². The lowest BCUT2D eigenvalue weighted by Gasteiger charge is -2.45. The number of nitrogens with zero attached hydrogens (tertiary/aromatic N) is 2. The highest BCUT2D eigenvalue weighted by Gasteiger charge is 2.60. The second-order valence-electron chi connectivity index (χ2n) is 6.34. The van der Waals surface area contributed by atoms with Crippen molar-refractivity contribution in [2.45, 2.75) is 18.8 Å². The van der Waals surface area contributed by atoms with Crippen LogP contribution >= 0.6 is 0 Å². The van der Waals surface area contributed by atoms with Gasteiger partial charge in [-0.1, -0.05) is 18.2 Å². The van der Waals surface area contributed by atoms with Crippen molar-refractivity contribution in [2.75, 3.05) is 37.3 Å². The van der Waals surface area contributed by atoms with E-state index in [1.54, 1.807) is 0 Å². The fraction of sp³-hybridized carbons (Fsp3) is 0.600. The van der Waals surface area contributed by atoms with Crippen molar-refractivity contribution >= 4 is 15.7 Å². The Morgan fingerprint density at radius 3 is 2.36 bits per heavy atom. The van der Waals surface area contributed by atoms with Gasteiger partial charge in [-0.25, -0.2) is 21.5 Å². The van der Waals surface area contributed by atoms with Crippen LogP contribution in [0, 0.1) is 5.41 Å². The number of halogens is 2. The third-order valence-electron chi connectivity index (χ3n) is 4.87. The number of alkyl halides is 2. The second kappa shape index (κ2) is 5.16. The predicted molar refractivity (Wildman–Crippen MR) is 81.7 cm³/mol. The van der Waals surface area contributed by atoms with E-state index in [4.69, 9.17) is 0 Å². The van der Waals surface area contributed by atoms with Gasteiger partial charge in [-0.2, -0.15) is 0 Å². The lowest BCUT2D eigenvalue weighted by atomic mass is 9.76. The molecule has 0 amide bonds. The van der Waals surface area contributed by atoms with E-state index in [-0.39, 0.29) is 19.6 Å². The summed E-state index contributed by atoms with van der Waals surface area (Å²) in [6.07, 6.45) is 0.998. The van der Waals surface area contributed by atoms with Crippen molar-refractivity contribution in [1.82, 2.24) is 4.31 Å². The predicted octanol–water partition coefficient (Wildman–Crippen LogP) is 2.18. The number of rotatable bonds is 2. The fourth-order valence-corrected chi connectivity index (χ4v) is 4.41. The first-order valence-corrected chi connectivity index (χ1v) is 9.21. The van der Waals surface area contributed by atoms with Crippen LogP contribution in [0.1, 0.15) is 12.8 Å². The molecule has 2 aliphatic heterocycles. The van der Waals surface area contributed by atoms with Crippen molar-refractivity contribution in [3.63, 3.8) is 0 Å². The Labute approximate surface area is 129 Å². The molecule has 0 radical (unpaired) electrons. The first kappa shape index (κ1) is 15.7. The smallest absolute Gasteiger partial charge is 0.257 e. The molecule has 2 heterocycles. The molecule has 1 atom stereocenters. The number of hydrogen-bond donors (Lipinski definition) is 0. The normalized spacial score (nSPS) is 29.1. The van der Waals surface area contributed by atoms with Crippen LogP contribution in [0.5, 0.6) is 0 Å². The zero-order valence-electron chi connectivity index (χ0n) is 12.5. The molecule has 0 aromatic heterocycles. The number of sulfonamides is 1. The molecule has 0 unspecified atom stereocenters. The summed E-state index contributed by atoms with van der Waals surface area (Å²) in [5.41, 5.74) is -0.379. The minimum atomic E-state index is -3.44. The van der Waals surface area contributed by atoms with Crippen LogP contribution in [0.25, 0.3) is 0 Å². The summed E-state index contributed by atoms with van der Waals surface area (Å²) in [6, 6.07) is 9.43. The van der Waals surface area contributed by atoms with Gasteiger partial charge >= 0.3 is 0 Å². The SMILES string of the molecule is CS(=O)(=O)N1CCC(F)(F)[C@]2(CCN(c3ccccc3)C2)C1. The Bertz CT molecular complexity index is 651. The largest absolute Gasteiger partial charge is 0.371 e. The van der Waals surface area contributed by atoms with Crippen molar-refractivity contribution in [2.24, 2.45) is 5.41 Å². The van der Waals surface area contributed by atoms with Crippen molar-refractivity contribution in [3.8, 4) is 0 Å². The molecule has 4 nitrogen and oxygen atoms in total. The Kier molecular flexibility index (Phi) is 3.68. The molecule has 0 aliphatic carbocycles. The zero-order valence-corrected chi connectivity index (χ0v) is 13.3. The van der Waals surface area contributed by atoms with Gasteiger partial charge in [-0.3, -0.25) is 0 Å². The Morgan fingerprint density at radius 2 is 1.73 bits per heavy atom. The summed E-state index contributed by atoms with van der Waals surface area (Å²) in [5.74, 6) is -2.84. The molecule has 0 N–H and O–H groups in total. The molecule has 22 heavy (non-hydrogen) atoms. The van der Waals surface area contributed by atoms with Crippen LogP contribution in [0.15, 0.2) is 30.3 Å². The molecule has 0 bridgehead atoms. The minimum Gasteiger partial charge on any atom is -0.371 e. The Balaban J connectivity index is 1.87. The quantitative estimate of drug-likeness (QED) is 0.834. The molecule has 3 rings (SSSR count). The number of hydrogen-bond acceptors (Lipinski definition) is 3. The maximum Gasteiger partial charge on any atom is 0.257 e. The molecule has 1 spiro atoms. The van der Waals surface area contributed by atoms with Crippen molar-refractivity contribution in [3.05, 3.63) is 30.3 Å². The summed E-state index contributed by atoms with van der Waals surface area (Å²) in [4.78, 5) is 1.93. The van der Waals surface area contributed by atoms with Crippen LogP contribution in [-0.2, 0) is 10.0 Å². The molecule has 2 aliphatic rings. The van der Waals surface area contributed by atoms with E-state index in [2.05, 4.69) is 0 Å². The summed E-state index contributed by atoms with van der Waals surface area (Å²) >= 11 is 0. The monoisotopic (exact) mass is 330 g/mol. The Hall–Kier alpha value is -1.21. The van der Waals surface area contributed by atoms with Crippen LogP contribution in [-0.4, -0.2) is 51.1 Å². The molecule has 1 aromatic rings. The van der Waals surface area contributed by atoms with Crippen LogP contribution < -0.4 is 4.90 Å². The molecule has 0 saturated carbocycles. The minimum absolute atomic E-state index is 0.0951. The number of anilines is 1. The first-order chi connectivity index (χ1) is 10.2. The van der Waals surface area contributed by atoms with E-state index in [0.29, 0.717) is 13.0 Å². The van der Waals surface area contributed by atoms with Crippen LogP contribution in [0.4, 0.5) is 14.5 Å². The highest BCUT2D eigenvalue weighted by Crippen LogP contribution is 2.50. The van der Waals surface area contributed by atoms with Gasteiger partial charge in [0, 0.05) is 38.3 Å². The first-order valence-electron chi connectivity index (χ1n) is 7.37. The van der Waals surface area contributed by atoms with E-state index in [0.717, 1.165) is 11.9 Å². The molecule has 1 aromatic carbocycles. The van der Waals surface area contributed by atoms with E-state index >= 15 is 0 Å². The highest BCUT2D eigenvalue weighted by atomic mass is 32.2. The van der Waals surface area contributed by atoms with Gasteiger partial charge in [0.25, 0.3) is 5.92 Å². The number of piperidine rings is 1. The molecule has 122 valence electrons. The summed E-state index contributed by atoms with van der Waals surface area (Å²) in [5, 5.41) is 0. The molecular weight excluding hydrogens is 310 g/mol. The zero-order chi connectivity index (χ0) is 16.0. The summed E-state index contributed by atoms with van der Waals surface area (Å²) in [6.45, 7) is 0.522. The lowest BCUT2D eigenvalue weighted by Crippen LogP contribution is -2.58. The Morgan fingerprint density at radius 1 is 1.05 bits per heavy atom. The number of benzene rings is 1. The van der Waals surface area contributed by atoms with Gasteiger partial charge in [0.15, 0.2) is 0 Å². The maximum absolute atomic E-state index is 14.6. The van der Waals surface area contributed by atoms with E-state index in [9.17, 15) is 17.2 Å². The average Bonchev–Trinajstić information content (AvgIpc) is 2.88. The summed E-state index contributed by atoms with van der Waals surface area (Å²) < 4.78 is 53.9. The third kappa shape index (κ3) is 2.60. The average molecular weight is 330 g/mol. The second-order valence-corrected chi connectivity index (χ2v) is 8.32. The van der Waals surface area contributed by atoms with Crippen molar-refractivity contribution < 1.29 is 17.2 Å². The van der Waals surface area contributed by atoms with Crippen LogP contribution in [0.2, 0.25) is 0 Å². The van der Waals surface area contributed by atoms with Gasteiger partial charge in [0.1, 0.15) is 0 Å². The van der Waals surface area contributed by atoms with Gasteiger partial charge in [0.05, 0.1) is 11.7 Å². The van der Waals surface area contributed by atoms with E-state index in [1.807, 2.05) is 35.2 Å². The number of para-hydroxylation sites is 1. The molecule has 2 fully saturated rings. The maximum atomic E-state index is 14.6. The van der Waals surface area contributed by atoms with Gasteiger partial charge in [-0.15, -0.1) is 0 Å². The van der Waals surface area contributed by atoms with Gasteiger partial charge < -0.3 is 4.90 Å². The summed E-state index contributed by atoms with van der Waals surface area (Å²) in [7, 11) is -3.44. The van der Waals surface area contributed by atoms with E-state index in [1.165, 1.54) is 4.31 Å². The topological polar surface area (TPSA) is 40.6 Å². The van der Waals surface area contributed by atoms with Gasteiger partial charge in [0.2, 0.25) is 10.0 Å². The molecule has 7 heteroatoms. The lowest BCUT2D eigenvalue weighted by molar-refractivity contribution is -0.145. The standard InChI is InChI=1S/C15H20F2N2O2S/c1-22(20,21)19-10-8-15(16,17)14(12-19)7-9-18(11-14)13-5-3-2-4-6-13/h2-6H,7-12H2,1H3/t14-/m0/s1. The molecule has 2 saturated heterocycles. The third-order valence-corrected chi connectivity index (χ3v) is 6.12. The fourth-order valence-electron chi connectivity index (χ4n) is 3.50. The van der Waals surface area contributed by atoms with Crippen LogP contribution in [0.3, 0.4) is 0 Å². The van der Waals surface area contributed by atoms with Gasteiger partial charge in [-0.05, 0) is 18.6 Å². The molecular formula is C15H20F2N2O2S. The highest BCUT2D eigenvalue weighted by molar-refractivity contribution is 7.88.